The molecule has 1 N–H and O–H groups in total. The van der Waals surface area contributed by atoms with Gasteiger partial charge in [-0.3, -0.25) is 9.36 Å². The highest BCUT2D eigenvalue weighted by Crippen LogP contribution is 2.39. The number of esters is 1. The zero-order valence-electron chi connectivity index (χ0n) is 19.8. The Morgan fingerprint density at radius 3 is 2.65 bits per heavy atom. The van der Waals surface area contributed by atoms with Gasteiger partial charge in [0.25, 0.3) is 5.56 Å². The van der Waals surface area contributed by atoms with E-state index in [-0.39, 0.29) is 17.0 Å². The lowest BCUT2D eigenvalue weighted by Crippen LogP contribution is -2.16. The zero-order valence-corrected chi connectivity index (χ0v) is 21.4. The lowest BCUT2D eigenvalue weighted by Gasteiger charge is -2.11. The Hall–Kier alpha value is -4.40. The predicted molar refractivity (Wildman–Crippen MR) is 144 cm³/mol. The third-order valence-corrected chi connectivity index (χ3v) is 7.97. The van der Waals surface area contributed by atoms with E-state index in [1.807, 2.05) is 0 Å². The van der Waals surface area contributed by atoms with Crippen molar-refractivity contribution in [3.8, 4) is 11.8 Å². The van der Waals surface area contributed by atoms with Gasteiger partial charge >= 0.3 is 5.97 Å². The number of thiophene rings is 1. The molecule has 37 heavy (non-hydrogen) atoms. The number of carbonyl (C=O) groups is 1. The maximum Gasteiger partial charge on any atom is 0.350 e. The molecule has 0 spiro atoms. The number of para-hydroxylation sites is 1. The highest BCUT2D eigenvalue weighted by Gasteiger charge is 2.23. The Labute approximate surface area is 215 Å². The summed E-state index contributed by atoms with van der Waals surface area (Å²) in [4.78, 5) is 26.8. The molecule has 3 aromatic heterocycles. The van der Waals surface area contributed by atoms with Crippen molar-refractivity contribution in [2.75, 3.05) is 18.2 Å². The van der Waals surface area contributed by atoms with Crippen LogP contribution in [0.25, 0.3) is 26.8 Å². The summed E-state index contributed by atoms with van der Waals surface area (Å²) in [6, 6.07) is 18.7. The highest BCUT2D eigenvalue weighted by atomic mass is 32.2. The Morgan fingerprint density at radius 1 is 1.14 bits per heavy atom. The fourth-order valence-electron chi connectivity index (χ4n) is 4.15. The third-order valence-electron chi connectivity index (χ3n) is 5.76. The van der Waals surface area contributed by atoms with E-state index < -0.39 is 16.0 Å². The van der Waals surface area contributed by atoms with Gasteiger partial charge in [0.2, 0.25) is 10.0 Å². The Bertz CT molecular complexity index is 1910. The standard InChI is InChI=1S/C26H20N4O5S2/c1-3-35-26(32)24-23(28-20-7-5-4-6-17(20)15-27)19-9-11-22(31)30(25(19)36-24)18-8-10-21-16(14-18)12-13-29(21)37(2,33)34/h4-14,28H,3H2,1-2H3. The van der Waals surface area contributed by atoms with Crippen LogP contribution in [-0.2, 0) is 14.8 Å². The number of aromatic nitrogens is 2. The number of carbonyl (C=O) groups excluding carboxylic acids is 1. The molecule has 0 saturated heterocycles. The minimum absolute atomic E-state index is 0.169. The Morgan fingerprint density at radius 2 is 1.92 bits per heavy atom. The first-order valence-electron chi connectivity index (χ1n) is 11.2. The number of nitrogens with one attached hydrogen (secondary N) is 1. The van der Waals surface area contributed by atoms with Gasteiger partial charge < -0.3 is 10.1 Å². The average molecular weight is 533 g/mol. The molecular weight excluding hydrogens is 512 g/mol. The number of hydrogen-bond donors (Lipinski definition) is 1. The van der Waals surface area contributed by atoms with Crippen molar-refractivity contribution in [1.82, 2.24) is 8.54 Å². The first-order chi connectivity index (χ1) is 17.7. The van der Waals surface area contributed by atoms with Crippen molar-refractivity contribution in [3.63, 3.8) is 0 Å². The van der Waals surface area contributed by atoms with Crippen molar-refractivity contribution < 1.29 is 17.9 Å². The van der Waals surface area contributed by atoms with E-state index in [1.54, 1.807) is 61.5 Å². The molecule has 3 heterocycles. The second-order valence-corrected chi connectivity index (χ2v) is 11.0. The molecule has 0 radical (unpaired) electrons. The lowest BCUT2D eigenvalue weighted by molar-refractivity contribution is 0.0533. The molecule has 0 aliphatic carbocycles. The molecule has 5 aromatic rings. The summed E-state index contributed by atoms with van der Waals surface area (Å²) < 4.78 is 32.1. The fourth-order valence-corrected chi connectivity index (χ4v) is 6.12. The van der Waals surface area contributed by atoms with Crippen LogP contribution in [0.2, 0.25) is 0 Å². The molecule has 0 amide bonds. The van der Waals surface area contributed by atoms with E-state index in [0.717, 1.165) is 17.6 Å². The van der Waals surface area contributed by atoms with Crippen LogP contribution in [0, 0.1) is 11.3 Å². The van der Waals surface area contributed by atoms with Crippen LogP contribution in [0.5, 0.6) is 0 Å². The normalized spacial score (nSPS) is 11.5. The van der Waals surface area contributed by atoms with Crippen molar-refractivity contribution in [3.05, 3.63) is 87.7 Å². The van der Waals surface area contributed by atoms with Crippen molar-refractivity contribution in [2.45, 2.75) is 6.92 Å². The summed E-state index contributed by atoms with van der Waals surface area (Å²) in [7, 11) is -3.49. The average Bonchev–Trinajstić information content (AvgIpc) is 3.46. The second kappa shape index (κ2) is 9.24. The molecule has 0 unspecified atom stereocenters. The minimum Gasteiger partial charge on any atom is -0.462 e. The number of nitrogens with zero attached hydrogens (tertiary/aromatic N) is 3. The van der Waals surface area contributed by atoms with Crippen LogP contribution in [0.4, 0.5) is 11.4 Å². The van der Waals surface area contributed by atoms with Gasteiger partial charge in [-0.25, -0.2) is 17.2 Å². The maximum absolute atomic E-state index is 13.1. The summed E-state index contributed by atoms with van der Waals surface area (Å²) in [5, 5.41) is 14.0. The topological polar surface area (TPSA) is 123 Å². The summed E-state index contributed by atoms with van der Waals surface area (Å²) in [6.07, 6.45) is 2.58. The van der Waals surface area contributed by atoms with Gasteiger partial charge in [0.15, 0.2) is 0 Å². The summed E-state index contributed by atoms with van der Waals surface area (Å²) in [6.45, 7) is 1.87. The van der Waals surface area contributed by atoms with Gasteiger partial charge in [-0.15, -0.1) is 11.3 Å². The van der Waals surface area contributed by atoms with E-state index in [2.05, 4.69) is 11.4 Å². The number of hydrogen-bond acceptors (Lipinski definition) is 8. The molecule has 5 rings (SSSR count). The van der Waals surface area contributed by atoms with E-state index in [0.29, 0.717) is 43.7 Å². The van der Waals surface area contributed by atoms with Gasteiger partial charge in [-0.1, -0.05) is 12.1 Å². The molecule has 2 aromatic carbocycles. The van der Waals surface area contributed by atoms with Gasteiger partial charge in [0.1, 0.15) is 15.8 Å². The quantitative estimate of drug-likeness (QED) is 0.317. The third kappa shape index (κ3) is 4.26. The highest BCUT2D eigenvalue weighted by molar-refractivity contribution is 7.89. The molecule has 0 atom stereocenters. The summed E-state index contributed by atoms with van der Waals surface area (Å²) >= 11 is 1.10. The number of benzene rings is 2. The maximum atomic E-state index is 13.1. The van der Waals surface area contributed by atoms with Crippen LogP contribution < -0.4 is 10.9 Å². The molecule has 186 valence electrons. The van der Waals surface area contributed by atoms with E-state index in [1.165, 1.54) is 20.8 Å². The summed E-state index contributed by atoms with van der Waals surface area (Å²) in [5.41, 5.74) is 2.01. The molecule has 0 bridgehead atoms. The minimum atomic E-state index is -3.49. The Kier molecular flexibility index (Phi) is 6.07. The first kappa shape index (κ1) is 24.3. The lowest BCUT2D eigenvalue weighted by atomic mass is 10.1. The van der Waals surface area contributed by atoms with E-state index >= 15 is 0 Å². The first-order valence-corrected chi connectivity index (χ1v) is 13.8. The number of nitriles is 1. The van der Waals surface area contributed by atoms with Crippen LogP contribution >= 0.6 is 11.3 Å². The van der Waals surface area contributed by atoms with Crippen LogP contribution in [0.3, 0.4) is 0 Å². The van der Waals surface area contributed by atoms with Crippen molar-refractivity contribution in [2.24, 2.45) is 0 Å². The molecule has 0 saturated carbocycles. The fraction of sp³-hybridized carbons (Fsp3) is 0.115. The van der Waals surface area contributed by atoms with Gasteiger partial charge in [-0.2, -0.15) is 5.26 Å². The number of fused-ring (bicyclic) bond motifs is 2. The molecule has 9 nitrogen and oxygen atoms in total. The SMILES string of the molecule is CCOC(=O)c1sc2c(ccc(=O)n2-c2ccc3c(ccn3S(C)(=O)=O)c2)c1Nc1ccccc1C#N. The predicted octanol–water partition coefficient (Wildman–Crippen LogP) is 4.61. The molecular formula is C26H20N4O5S2. The van der Waals surface area contributed by atoms with Crippen LogP contribution in [-0.4, -0.2) is 35.8 Å². The summed E-state index contributed by atoms with van der Waals surface area (Å²) in [5.74, 6) is -0.555. The van der Waals surface area contributed by atoms with Crippen LogP contribution in [0.15, 0.2) is 71.7 Å². The molecule has 0 aliphatic rings. The number of ether oxygens (including phenoxy) is 1. The van der Waals surface area contributed by atoms with Gasteiger partial charge in [-0.05, 0) is 49.4 Å². The van der Waals surface area contributed by atoms with Crippen molar-refractivity contribution >= 4 is 59.8 Å². The zero-order chi connectivity index (χ0) is 26.3. The molecule has 0 fully saturated rings. The largest absolute Gasteiger partial charge is 0.462 e. The van der Waals surface area contributed by atoms with Crippen molar-refractivity contribution in [1.29, 1.82) is 5.26 Å². The van der Waals surface area contributed by atoms with Crippen LogP contribution in [0.1, 0.15) is 22.2 Å². The van der Waals surface area contributed by atoms with E-state index in [4.69, 9.17) is 4.74 Å². The molecule has 0 aliphatic heterocycles. The number of anilines is 2. The smallest absolute Gasteiger partial charge is 0.350 e. The number of rotatable bonds is 6. The Balaban J connectivity index is 1.75. The van der Waals surface area contributed by atoms with Gasteiger partial charge in [0, 0.05) is 23.0 Å². The number of pyridine rings is 1. The monoisotopic (exact) mass is 532 g/mol. The molecule has 11 heteroatoms. The second-order valence-electron chi connectivity index (χ2n) is 8.15. The van der Waals surface area contributed by atoms with E-state index in [9.17, 15) is 23.3 Å². The van der Waals surface area contributed by atoms with Gasteiger partial charge in [0.05, 0.1) is 41.0 Å².